The van der Waals surface area contributed by atoms with Crippen LogP contribution in [0.5, 0.6) is 0 Å². The SMILES string of the molecule is C1=CC(C2NCc3ccccc32)c2ccccc21. The molecule has 88 valence electrons. The van der Waals surface area contributed by atoms with Crippen molar-refractivity contribution in [1.29, 1.82) is 0 Å². The van der Waals surface area contributed by atoms with Crippen molar-refractivity contribution in [2.24, 2.45) is 0 Å². The number of fused-ring (bicyclic) bond motifs is 2. The first-order valence-corrected chi connectivity index (χ1v) is 6.52. The lowest BCUT2D eigenvalue weighted by Gasteiger charge is -2.20. The molecule has 1 heteroatoms. The Kier molecular flexibility index (Phi) is 2.14. The summed E-state index contributed by atoms with van der Waals surface area (Å²) in [5.74, 6) is 0.477. The summed E-state index contributed by atoms with van der Waals surface area (Å²) in [4.78, 5) is 0. The molecule has 0 bridgehead atoms. The normalized spacial score (nSPS) is 24.0. The van der Waals surface area contributed by atoms with E-state index in [1.54, 1.807) is 0 Å². The molecule has 0 aromatic heterocycles. The summed E-state index contributed by atoms with van der Waals surface area (Å²) in [5, 5.41) is 3.65. The van der Waals surface area contributed by atoms with Crippen LogP contribution in [-0.4, -0.2) is 0 Å². The molecule has 0 saturated carbocycles. The van der Waals surface area contributed by atoms with E-state index < -0.39 is 0 Å². The van der Waals surface area contributed by atoms with E-state index >= 15 is 0 Å². The Labute approximate surface area is 107 Å². The number of nitrogens with one attached hydrogen (secondary N) is 1. The number of rotatable bonds is 1. The summed E-state index contributed by atoms with van der Waals surface area (Å²) >= 11 is 0. The molecule has 2 aromatic carbocycles. The summed E-state index contributed by atoms with van der Waals surface area (Å²) in [7, 11) is 0. The molecule has 1 N–H and O–H groups in total. The van der Waals surface area contributed by atoms with Gasteiger partial charge in [0.1, 0.15) is 0 Å². The molecule has 1 heterocycles. The van der Waals surface area contributed by atoms with Gasteiger partial charge in [0.05, 0.1) is 0 Å². The van der Waals surface area contributed by atoms with Crippen LogP contribution in [0.3, 0.4) is 0 Å². The zero-order valence-corrected chi connectivity index (χ0v) is 10.1. The van der Waals surface area contributed by atoms with E-state index in [0.29, 0.717) is 12.0 Å². The summed E-state index contributed by atoms with van der Waals surface area (Å²) < 4.78 is 0. The minimum absolute atomic E-state index is 0.432. The topological polar surface area (TPSA) is 12.0 Å². The Bertz CT molecular complexity index is 627. The second kappa shape index (κ2) is 3.82. The smallest absolute Gasteiger partial charge is 0.0430 e. The van der Waals surface area contributed by atoms with Gasteiger partial charge < -0.3 is 5.32 Å². The van der Waals surface area contributed by atoms with Crippen LogP contribution < -0.4 is 5.32 Å². The summed E-state index contributed by atoms with van der Waals surface area (Å²) in [6.07, 6.45) is 4.59. The van der Waals surface area contributed by atoms with E-state index in [9.17, 15) is 0 Å². The van der Waals surface area contributed by atoms with Gasteiger partial charge in [0.25, 0.3) is 0 Å². The van der Waals surface area contributed by atoms with Crippen molar-refractivity contribution in [1.82, 2.24) is 5.32 Å². The molecular weight excluding hydrogens is 218 g/mol. The Morgan fingerprint density at radius 2 is 1.67 bits per heavy atom. The molecule has 0 saturated heterocycles. The summed E-state index contributed by atoms with van der Waals surface area (Å²) in [6.45, 7) is 0.993. The van der Waals surface area contributed by atoms with Gasteiger partial charge in [-0.05, 0) is 22.3 Å². The first-order chi connectivity index (χ1) is 8.93. The maximum atomic E-state index is 3.65. The lowest BCUT2D eigenvalue weighted by atomic mass is 9.89. The maximum absolute atomic E-state index is 3.65. The van der Waals surface area contributed by atoms with Crippen molar-refractivity contribution >= 4 is 6.08 Å². The van der Waals surface area contributed by atoms with Crippen LogP contribution in [0, 0.1) is 0 Å². The third-order valence-corrected chi connectivity index (χ3v) is 4.10. The molecule has 4 rings (SSSR count). The van der Waals surface area contributed by atoms with Gasteiger partial charge in [-0.1, -0.05) is 60.7 Å². The molecule has 2 aliphatic rings. The van der Waals surface area contributed by atoms with Gasteiger partial charge in [-0.15, -0.1) is 0 Å². The molecule has 2 aromatic rings. The number of hydrogen-bond acceptors (Lipinski definition) is 1. The lowest BCUT2D eigenvalue weighted by molar-refractivity contribution is 0.539. The van der Waals surface area contributed by atoms with Gasteiger partial charge in [0.15, 0.2) is 0 Å². The van der Waals surface area contributed by atoms with Gasteiger partial charge in [-0.2, -0.15) is 0 Å². The van der Waals surface area contributed by atoms with E-state index in [1.807, 2.05) is 0 Å². The molecule has 1 nitrogen and oxygen atoms in total. The number of hydrogen-bond donors (Lipinski definition) is 1. The zero-order valence-electron chi connectivity index (χ0n) is 10.1. The largest absolute Gasteiger partial charge is 0.305 e. The molecule has 18 heavy (non-hydrogen) atoms. The fourth-order valence-corrected chi connectivity index (χ4v) is 3.22. The molecule has 0 amide bonds. The Morgan fingerprint density at radius 1 is 0.889 bits per heavy atom. The highest BCUT2D eigenvalue weighted by atomic mass is 14.9. The van der Waals surface area contributed by atoms with E-state index in [4.69, 9.17) is 0 Å². The van der Waals surface area contributed by atoms with E-state index in [-0.39, 0.29) is 0 Å². The van der Waals surface area contributed by atoms with E-state index in [2.05, 4.69) is 66.0 Å². The first-order valence-electron chi connectivity index (χ1n) is 6.52. The molecule has 0 fully saturated rings. The van der Waals surface area contributed by atoms with Crippen molar-refractivity contribution in [3.63, 3.8) is 0 Å². The van der Waals surface area contributed by atoms with Crippen molar-refractivity contribution in [2.45, 2.75) is 18.5 Å². The molecular formula is C17H15N. The Balaban J connectivity index is 1.77. The monoisotopic (exact) mass is 233 g/mol. The van der Waals surface area contributed by atoms with Crippen LogP contribution in [0.25, 0.3) is 6.08 Å². The zero-order chi connectivity index (χ0) is 11.9. The van der Waals surface area contributed by atoms with Crippen molar-refractivity contribution < 1.29 is 0 Å². The Morgan fingerprint density at radius 3 is 2.61 bits per heavy atom. The van der Waals surface area contributed by atoms with Crippen molar-refractivity contribution in [3.8, 4) is 0 Å². The van der Waals surface area contributed by atoms with Gasteiger partial charge in [-0.25, -0.2) is 0 Å². The summed E-state index contributed by atoms with van der Waals surface area (Å²) in [5.41, 5.74) is 5.73. The number of benzene rings is 2. The van der Waals surface area contributed by atoms with Crippen LogP contribution in [0.1, 0.15) is 34.2 Å². The highest BCUT2D eigenvalue weighted by Crippen LogP contribution is 2.42. The van der Waals surface area contributed by atoms with Crippen LogP contribution >= 0.6 is 0 Å². The standard InChI is InChI=1S/C17H15N/c1-3-7-14-12(5-1)9-10-16(14)17-15-8-4-2-6-13(15)11-18-17/h1-10,16-18H,11H2. The van der Waals surface area contributed by atoms with Crippen LogP contribution in [0.15, 0.2) is 54.6 Å². The van der Waals surface area contributed by atoms with E-state index in [0.717, 1.165) is 6.54 Å². The van der Waals surface area contributed by atoms with E-state index in [1.165, 1.54) is 22.3 Å². The Hall–Kier alpha value is -1.86. The molecule has 0 radical (unpaired) electrons. The fraction of sp³-hybridized carbons (Fsp3) is 0.176. The average Bonchev–Trinajstić information content (AvgIpc) is 3.01. The van der Waals surface area contributed by atoms with Gasteiger partial charge in [0, 0.05) is 18.5 Å². The quantitative estimate of drug-likeness (QED) is 0.793. The molecule has 2 unspecified atom stereocenters. The fourth-order valence-electron chi connectivity index (χ4n) is 3.22. The average molecular weight is 233 g/mol. The minimum atomic E-state index is 0.432. The third kappa shape index (κ3) is 1.37. The summed E-state index contributed by atoms with van der Waals surface area (Å²) in [6, 6.07) is 17.9. The van der Waals surface area contributed by atoms with Crippen LogP contribution in [0.4, 0.5) is 0 Å². The van der Waals surface area contributed by atoms with Crippen molar-refractivity contribution in [3.05, 3.63) is 76.9 Å². The highest BCUT2D eigenvalue weighted by molar-refractivity contribution is 5.63. The predicted octanol–water partition coefficient (Wildman–Crippen LogP) is 3.64. The van der Waals surface area contributed by atoms with Crippen LogP contribution in [0.2, 0.25) is 0 Å². The second-order valence-electron chi connectivity index (χ2n) is 5.07. The molecule has 0 spiro atoms. The van der Waals surface area contributed by atoms with Crippen LogP contribution in [-0.2, 0) is 6.54 Å². The predicted molar refractivity (Wildman–Crippen MR) is 74.2 cm³/mol. The molecule has 1 aliphatic carbocycles. The van der Waals surface area contributed by atoms with Gasteiger partial charge in [0.2, 0.25) is 0 Å². The van der Waals surface area contributed by atoms with Gasteiger partial charge in [-0.3, -0.25) is 0 Å². The highest BCUT2D eigenvalue weighted by Gasteiger charge is 2.31. The van der Waals surface area contributed by atoms with Gasteiger partial charge >= 0.3 is 0 Å². The lowest BCUT2D eigenvalue weighted by Crippen LogP contribution is -2.18. The van der Waals surface area contributed by atoms with Crippen molar-refractivity contribution in [2.75, 3.05) is 0 Å². The molecule has 1 aliphatic heterocycles. The third-order valence-electron chi connectivity index (χ3n) is 4.10. The maximum Gasteiger partial charge on any atom is 0.0430 e. The first kappa shape index (κ1) is 10.1. The minimum Gasteiger partial charge on any atom is -0.305 e. The second-order valence-corrected chi connectivity index (χ2v) is 5.07. The molecule has 2 atom stereocenters.